The Balaban J connectivity index is 2.49. The fourth-order valence-electron chi connectivity index (χ4n) is 1.75. The maximum absolute atomic E-state index is 11.8. The van der Waals surface area contributed by atoms with Crippen molar-refractivity contribution in [2.75, 3.05) is 11.5 Å². The number of nitrogens with zero attached hydrogens (tertiary/aromatic N) is 1. The van der Waals surface area contributed by atoms with Crippen molar-refractivity contribution in [2.45, 2.75) is 19.9 Å². The molecule has 1 aromatic rings. The molecule has 2 rings (SSSR count). The van der Waals surface area contributed by atoms with Gasteiger partial charge in [-0.2, -0.15) is 0 Å². The molecular formula is C12H12ClNO3. The van der Waals surface area contributed by atoms with Crippen LogP contribution in [0.5, 0.6) is 5.75 Å². The normalized spacial score (nSPS) is 16.2. The molecule has 1 unspecified atom stereocenters. The first-order valence-electron chi connectivity index (χ1n) is 5.25. The van der Waals surface area contributed by atoms with Crippen molar-refractivity contribution in [1.29, 1.82) is 0 Å². The third kappa shape index (κ3) is 2.13. The molecule has 1 amide bonds. The average Bonchev–Trinajstić information content (AvgIpc) is 2.27. The number of anilines is 1. The summed E-state index contributed by atoms with van der Waals surface area (Å²) in [4.78, 5) is 24.7. The Kier molecular flexibility index (Phi) is 3.07. The summed E-state index contributed by atoms with van der Waals surface area (Å²) in [6.07, 6.45) is 0. The molecule has 4 nitrogen and oxygen atoms in total. The van der Waals surface area contributed by atoms with Crippen LogP contribution in [-0.2, 0) is 9.59 Å². The summed E-state index contributed by atoms with van der Waals surface area (Å²) in [7, 11) is 0. The summed E-state index contributed by atoms with van der Waals surface area (Å²) < 4.78 is 5.29. The zero-order chi connectivity index (χ0) is 12.6. The molecule has 1 aliphatic heterocycles. The highest BCUT2D eigenvalue weighted by Gasteiger charge is 2.31. The molecule has 0 radical (unpaired) electrons. The fraction of sp³-hybridized carbons (Fsp3) is 0.333. The summed E-state index contributed by atoms with van der Waals surface area (Å²) >= 11 is 5.90. The van der Waals surface area contributed by atoms with Crippen LogP contribution in [0.25, 0.3) is 0 Å². The van der Waals surface area contributed by atoms with Gasteiger partial charge < -0.3 is 4.74 Å². The number of carbonyl (C=O) groups is 2. The van der Waals surface area contributed by atoms with Crippen LogP contribution in [0.2, 0.25) is 5.02 Å². The highest BCUT2D eigenvalue weighted by atomic mass is 35.5. The number of hydrogen-bond acceptors (Lipinski definition) is 3. The lowest BCUT2D eigenvalue weighted by molar-refractivity contribution is -0.125. The number of ether oxygens (including phenoxy) is 1. The third-order valence-electron chi connectivity index (χ3n) is 2.78. The second kappa shape index (κ2) is 4.37. The molecule has 0 aliphatic carbocycles. The second-order valence-electron chi connectivity index (χ2n) is 3.95. The molecule has 17 heavy (non-hydrogen) atoms. The molecule has 0 fully saturated rings. The summed E-state index contributed by atoms with van der Waals surface area (Å²) in [6.45, 7) is 3.10. The Hall–Kier alpha value is -1.55. The molecule has 0 saturated carbocycles. The molecule has 0 N–H and O–H groups in total. The van der Waals surface area contributed by atoms with E-state index in [1.807, 2.05) is 0 Å². The second-order valence-corrected chi connectivity index (χ2v) is 4.39. The van der Waals surface area contributed by atoms with Gasteiger partial charge >= 0.3 is 0 Å². The van der Waals surface area contributed by atoms with Crippen molar-refractivity contribution in [2.24, 2.45) is 0 Å². The van der Waals surface area contributed by atoms with Crippen molar-refractivity contribution >= 4 is 29.0 Å². The average molecular weight is 254 g/mol. The minimum atomic E-state index is -0.511. The van der Waals surface area contributed by atoms with E-state index in [2.05, 4.69) is 0 Å². The summed E-state index contributed by atoms with van der Waals surface area (Å²) in [5.41, 5.74) is 0.552. The van der Waals surface area contributed by atoms with Gasteiger partial charge in [0.05, 0.1) is 11.7 Å². The van der Waals surface area contributed by atoms with Crippen LogP contribution < -0.4 is 9.64 Å². The lowest BCUT2D eigenvalue weighted by Crippen LogP contribution is -2.47. The van der Waals surface area contributed by atoms with Crippen LogP contribution in [0.15, 0.2) is 18.2 Å². The van der Waals surface area contributed by atoms with Gasteiger partial charge in [-0.1, -0.05) is 11.6 Å². The molecule has 1 heterocycles. The first kappa shape index (κ1) is 11.9. The van der Waals surface area contributed by atoms with Crippen molar-refractivity contribution in [3.05, 3.63) is 23.2 Å². The van der Waals surface area contributed by atoms with E-state index in [9.17, 15) is 9.59 Å². The van der Waals surface area contributed by atoms with Crippen LogP contribution in [-0.4, -0.2) is 24.3 Å². The third-order valence-corrected chi connectivity index (χ3v) is 3.01. The van der Waals surface area contributed by atoms with Gasteiger partial charge in [0.1, 0.15) is 5.75 Å². The van der Waals surface area contributed by atoms with Crippen molar-refractivity contribution in [1.82, 2.24) is 0 Å². The van der Waals surface area contributed by atoms with E-state index >= 15 is 0 Å². The number of halogens is 1. The van der Waals surface area contributed by atoms with E-state index in [1.54, 1.807) is 25.1 Å². The Morgan fingerprint density at radius 2 is 2.24 bits per heavy atom. The molecular weight excluding hydrogens is 242 g/mol. The number of rotatable bonds is 2. The number of hydrogen-bond donors (Lipinski definition) is 0. The van der Waals surface area contributed by atoms with Gasteiger partial charge in [0, 0.05) is 5.02 Å². The summed E-state index contributed by atoms with van der Waals surface area (Å²) in [6, 6.07) is 4.51. The fourth-order valence-corrected chi connectivity index (χ4v) is 1.92. The summed E-state index contributed by atoms with van der Waals surface area (Å²) in [5.74, 6) is 0.260. The summed E-state index contributed by atoms with van der Waals surface area (Å²) in [5, 5.41) is 0.503. The number of Topliss-reactive ketones (excluding diaryl/α,β-unsaturated/α-hetero) is 1. The first-order valence-corrected chi connectivity index (χ1v) is 5.63. The zero-order valence-electron chi connectivity index (χ0n) is 9.57. The number of amides is 1. The SMILES string of the molecule is CC(=O)C(C)N1C(=O)COc2ccc(Cl)cc21. The quantitative estimate of drug-likeness (QED) is 0.810. The van der Waals surface area contributed by atoms with Gasteiger partial charge in [-0.15, -0.1) is 0 Å². The maximum atomic E-state index is 11.8. The number of fused-ring (bicyclic) bond motifs is 1. The number of benzene rings is 1. The van der Waals surface area contributed by atoms with E-state index < -0.39 is 6.04 Å². The highest BCUT2D eigenvalue weighted by molar-refractivity contribution is 6.31. The standard InChI is InChI=1S/C12H12ClNO3/c1-7(8(2)15)14-10-5-9(13)3-4-11(10)17-6-12(14)16/h3-5,7H,6H2,1-2H3. The maximum Gasteiger partial charge on any atom is 0.265 e. The molecule has 90 valence electrons. The Morgan fingerprint density at radius 3 is 2.88 bits per heavy atom. The van der Waals surface area contributed by atoms with Gasteiger partial charge in [0.15, 0.2) is 12.4 Å². The lowest BCUT2D eigenvalue weighted by atomic mass is 10.1. The van der Waals surface area contributed by atoms with Gasteiger partial charge in [-0.3, -0.25) is 14.5 Å². The predicted octanol–water partition coefficient (Wildman–Crippen LogP) is 2.04. The van der Waals surface area contributed by atoms with E-state index in [1.165, 1.54) is 11.8 Å². The Bertz CT molecular complexity index is 487. The molecule has 0 bridgehead atoms. The minimum Gasteiger partial charge on any atom is -0.482 e. The predicted molar refractivity (Wildman–Crippen MR) is 64.6 cm³/mol. The lowest BCUT2D eigenvalue weighted by Gasteiger charge is -2.32. The van der Waals surface area contributed by atoms with Crippen molar-refractivity contribution in [3.8, 4) is 5.75 Å². The molecule has 5 heteroatoms. The molecule has 1 atom stereocenters. The van der Waals surface area contributed by atoms with Crippen LogP contribution >= 0.6 is 11.6 Å². The van der Waals surface area contributed by atoms with E-state index in [-0.39, 0.29) is 18.3 Å². The molecule has 1 aliphatic rings. The van der Waals surface area contributed by atoms with Gasteiger partial charge in [0.25, 0.3) is 5.91 Å². The Morgan fingerprint density at radius 1 is 1.53 bits per heavy atom. The minimum absolute atomic E-state index is 0.0494. The number of ketones is 1. The van der Waals surface area contributed by atoms with Gasteiger partial charge in [0.2, 0.25) is 0 Å². The van der Waals surface area contributed by atoms with Crippen LogP contribution in [0.4, 0.5) is 5.69 Å². The molecule has 0 spiro atoms. The van der Waals surface area contributed by atoms with Crippen molar-refractivity contribution in [3.63, 3.8) is 0 Å². The van der Waals surface area contributed by atoms with Crippen LogP contribution in [0, 0.1) is 0 Å². The highest BCUT2D eigenvalue weighted by Crippen LogP contribution is 2.35. The van der Waals surface area contributed by atoms with E-state index in [0.717, 1.165) is 0 Å². The van der Waals surface area contributed by atoms with Crippen molar-refractivity contribution < 1.29 is 14.3 Å². The zero-order valence-corrected chi connectivity index (χ0v) is 10.3. The molecule has 1 aromatic carbocycles. The van der Waals surface area contributed by atoms with Crippen LogP contribution in [0.1, 0.15) is 13.8 Å². The Labute approximate surface area is 104 Å². The smallest absolute Gasteiger partial charge is 0.265 e. The number of carbonyl (C=O) groups excluding carboxylic acids is 2. The van der Waals surface area contributed by atoms with E-state index in [4.69, 9.17) is 16.3 Å². The molecule has 0 aromatic heterocycles. The largest absolute Gasteiger partial charge is 0.482 e. The molecule has 0 saturated heterocycles. The first-order chi connectivity index (χ1) is 8.00. The monoisotopic (exact) mass is 253 g/mol. The van der Waals surface area contributed by atoms with E-state index in [0.29, 0.717) is 16.5 Å². The van der Waals surface area contributed by atoms with Gasteiger partial charge in [-0.05, 0) is 32.0 Å². The topological polar surface area (TPSA) is 46.6 Å². The van der Waals surface area contributed by atoms with Crippen LogP contribution in [0.3, 0.4) is 0 Å². The van der Waals surface area contributed by atoms with Gasteiger partial charge in [-0.25, -0.2) is 0 Å².